The summed E-state index contributed by atoms with van der Waals surface area (Å²) >= 11 is 5.84. The molecule has 2 aliphatic heterocycles. The van der Waals surface area contributed by atoms with Gasteiger partial charge in [0, 0.05) is 31.3 Å². The van der Waals surface area contributed by atoms with Gasteiger partial charge in [0.1, 0.15) is 22.5 Å². The van der Waals surface area contributed by atoms with Crippen LogP contribution in [-0.2, 0) is 9.59 Å². The molecule has 1 aromatic carbocycles. The molecule has 2 N–H and O–H groups in total. The van der Waals surface area contributed by atoms with Crippen molar-refractivity contribution in [3.8, 4) is 17.2 Å². The number of hydrogen-bond donors (Lipinski definition) is 2. The molecule has 1 aromatic rings. The highest BCUT2D eigenvalue weighted by Crippen LogP contribution is 2.31. The first kappa shape index (κ1) is 20.5. The number of hydrogen-bond acceptors (Lipinski definition) is 7. The lowest BCUT2D eigenvalue weighted by atomic mass is 10.1. The van der Waals surface area contributed by atoms with Crippen LogP contribution in [0.3, 0.4) is 0 Å². The molecule has 0 aromatic heterocycles. The summed E-state index contributed by atoms with van der Waals surface area (Å²) in [6, 6.07) is 5.36. The van der Waals surface area contributed by atoms with Crippen molar-refractivity contribution in [2.45, 2.75) is 12.8 Å². The maximum atomic E-state index is 12.7. The van der Waals surface area contributed by atoms with Crippen LogP contribution in [0.15, 0.2) is 45.6 Å². The van der Waals surface area contributed by atoms with Crippen LogP contribution in [-0.4, -0.2) is 45.8 Å². The van der Waals surface area contributed by atoms with Gasteiger partial charge >= 0.3 is 0 Å². The quantitative estimate of drug-likeness (QED) is 0.340. The van der Waals surface area contributed by atoms with Gasteiger partial charge in [-0.05, 0) is 31.0 Å². The van der Waals surface area contributed by atoms with E-state index >= 15 is 0 Å². The molecule has 2 heterocycles. The first-order valence-electron chi connectivity index (χ1n) is 9.43. The van der Waals surface area contributed by atoms with Gasteiger partial charge in [0.2, 0.25) is 5.43 Å². The summed E-state index contributed by atoms with van der Waals surface area (Å²) in [5, 5.41) is 12.9. The number of carbonyl (C=O) groups excluding carboxylic acids is 3. The molecule has 3 amide bonds. The number of halogens is 1. The number of imide groups is 1. The predicted octanol–water partition coefficient (Wildman–Crippen LogP) is 2.09. The van der Waals surface area contributed by atoms with Crippen molar-refractivity contribution >= 4 is 40.4 Å². The Morgan fingerprint density at radius 1 is 1.13 bits per heavy atom. The third-order valence-electron chi connectivity index (χ3n) is 4.80. The molecular formula is C21H16ClN3O6. The lowest BCUT2D eigenvalue weighted by molar-refractivity contribution is -0.136. The standard InChI is InChI=1S/C21H16ClN3O6/c22-11-9-13-16(10-15(11)27)31-20-12(24-13)3-4-14(26)19(20)21(30)23-7-1-2-8-25-17(28)5-6-18(25)29/h3-6,9-10,26H,1-2,7-8H2,(H,23,30). The molecule has 0 saturated carbocycles. The van der Waals surface area contributed by atoms with E-state index in [0.29, 0.717) is 24.1 Å². The molecule has 0 unspecified atom stereocenters. The molecule has 9 nitrogen and oxygen atoms in total. The zero-order valence-corrected chi connectivity index (χ0v) is 16.8. The van der Waals surface area contributed by atoms with Crippen molar-refractivity contribution in [2.24, 2.45) is 0 Å². The molecule has 0 fully saturated rings. The van der Waals surface area contributed by atoms with Crippen LogP contribution in [0.1, 0.15) is 23.2 Å². The van der Waals surface area contributed by atoms with Crippen LogP contribution in [0, 0.1) is 0 Å². The number of rotatable bonds is 6. The Morgan fingerprint density at radius 3 is 2.61 bits per heavy atom. The minimum Gasteiger partial charge on any atom is -0.507 e. The number of carbonyl (C=O) groups is 3. The number of phenolic OH excluding ortho intramolecular Hbond substituents is 1. The number of fused-ring (bicyclic) bond motifs is 2. The monoisotopic (exact) mass is 441 g/mol. The molecule has 0 atom stereocenters. The molecule has 0 bridgehead atoms. The van der Waals surface area contributed by atoms with E-state index in [0.717, 1.165) is 4.90 Å². The van der Waals surface area contributed by atoms with Gasteiger partial charge in [-0.15, -0.1) is 0 Å². The highest BCUT2D eigenvalue weighted by atomic mass is 35.5. The third kappa shape index (κ3) is 3.99. The normalized spacial score (nSPS) is 13.5. The molecule has 158 valence electrons. The number of aromatic nitrogens is 1. The Hall–Kier alpha value is -3.72. The fourth-order valence-corrected chi connectivity index (χ4v) is 3.40. The average molecular weight is 442 g/mol. The lowest BCUT2D eigenvalue weighted by Crippen LogP contribution is -2.31. The van der Waals surface area contributed by atoms with Crippen molar-refractivity contribution < 1.29 is 23.9 Å². The summed E-state index contributed by atoms with van der Waals surface area (Å²) < 4.78 is 5.70. The van der Waals surface area contributed by atoms with E-state index in [9.17, 15) is 24.3 Å². The summed E-state index contributed by atoms with van der Waals surface area (Å²) in [4.78, 5) is 53.0. The second-order valence-electron chi connectivity index (χ2n) is 6.90. The van der Waals surface area contributed by atoms with E-state index in [1.54, 1.807) is 0 Å². The van der Waals surface area contributed by atoms with E-state index in [1.807, 2.05) is 0 Å². The maximum absolute atomic E-state index is 12.7. The molecule has 10 heteroatoms. The van der Waals surface area contributed by atoms with Gasteiger partial charge in [0.15, 0.2) is 11.3 Å². The van der Waals surface area contributed by atoms with E-state index < -0.39 is 11.3 Å². The first-order valence-corrected chi connectivity index (χ1v) is 9.81. The van der Waals surface area contributed by atoms with Crippen LogP contribution < -0.4 is 10.7 Å². The smallest absolute Gasteiger partial charge is 0.258 e. The lowest BCUT2D eigenvalue weighted by Gasteiger charge is -2.14. The number of nitrogens with zero attached hydrogens (tertiary/aromatic N) is 2. The minimum atomic E-state index is -0.584. The van der Waals surface area contributed by atoms with Crippen molar-refractivity contribution in [2.75, 3.05) is 13.1 Å². The van der Waals surface area contributed by atoms with Gasteiger partial charge in [0.05, 0.1) is 5.02 Å². The average Bonchev–Trinajstić information content (AvgIpc) is 3.05. The summed E-state index contributed by atoms with van der Waals surface area (Å²) in [6.45, 7) is 0.505. The number of unbranched alkanes of at least 4 members (excludes halogenated alkanes) is 1. The summed E-state index contributed by atoms with van der Waals surface area (Å²) in [5.41, 5.74) is 0.128. The highest BCUT2D eigenvalue weighted by molar-refractivity contribution is 6.30. The summed E-state index contributed by atoms with van der Waals surface area (Å²) in [7, 11) is 0. The van der Waals surface area contributed by atoms with Crippen molar-refractivity contribution in [3.63, 3.8) is 0 Å². The van der Waals surface area contributed by atoms with Gasteiger partial charge in [0.25, 0.3) is 17.7 Å². The van der Waals surface area contributed by atoms with E-state index in [-0.39, 0.29) is 52.6 Å². The summed E-state index contributed by atoms with van der Waals surface area (Å²) in [5.74, 6) is -1.45. The maximum Gasteiger partial charge on any atom is 0.258 e. The van der Waals surface area contributed by atoms with E-state index in [4.69, 9.17) is 16.0 Å². The number of phenols is 1. The van der Waals surface area contributed by atoms with Gasteiger partial charge < -0.3 is 14.8 Å². The fraction of sp³-hybridized carbons (Fsp3) is 0.190. The Morgan fingerprint density at radius 2 is 1.87 bits per heavy atom. The van der Waals surface area contributed by atoms with Gasteiger partial charge in [-0.3, -0.25) is 24.1 Å². The van der Waals surface area contributed by atoms with Crippen LogP contribution in [0.4, 0.5) is 0 Å². The molecule has 31 heavy (non-hydrogen) atoms. The topological polar surface area (TPSA) is 130 Å². The fourth-order valence-electron chi connectivity index (χ4n) is 3.24. The van der Waals surface area contributed by atoms with Crippen molar-refractivity contribution in [1.82, 2.24) is 15.2 Å². The predicted molar refractivity (Wildman–Crippen MR) is 111 cm³/mol. The number of benzene rings is 2. The van der Waals surface area contributed by atoms with Crippen LogP contribution >= 0.6 is 11.6 Å². The zero-order valence-electron chi connectivity index (χ0n) is 16.1. The number of nitrogens with one attached hydrogen (secondary N) is 1. The molecular weight excluding hydrogens is 426 g/mol. The molecule has 0 radical (unpaired) electrons. The third-order valence-corrected chi connectivity index (χ3v) is 5.10. The van der Waals surface area contributed by atoms with Gasteiger partial charge in [-0.2, -0.15) is 0 Å². The molecule has 0 spiro atoms. The largest absolute Gasteiger partial charge is 0.507 e. The Balaban J connectivity index is 1.49. The molecule has 3 aliphatic rings. The summed E-state index contributed by atoms with van der Waals surface area (Å²) in [6.07, 6.45) is 3.45. The number of aromatic hydroxyl groups is 1. The Bertz CT molecular complexity index is 1260. The SMILES string of the molecule is O=C(NCCCCN1C(=O)C=CC1=O)c1c(O)ccc2nc3cc(Cl)c(=O)cc-3oc12. The first-order chi connectivity index (χ1) is 14.8. The Kier molecular flexibility index (Phi) is 5.43. The Labute approximate surface area is 180 Å². The highest BCUT2D eigenvalue weighted by Gasteiger charge is 2.23. The van der Waals surface area contributed by atoms with Crippen molar-refractivity contribution in [3.05, 3.63) is 57.2 Å². The second-order valence-corrected chi connectivity index (χ2v) is 7.30. The molecule has 4 rings (SSSR count). The zero-order chi connectivity index (χ0) is 22.1. The van der Waals surface area contributed by atoms with Gasteiger partial charge in [-0.1, -0.05) is 11.6 Å². The van der Waals surface area contributed by atoms with Gasteiger partial charge in [-0.25, -0.2) is 4.98 Å². The van der Waals surface area contributed by atoms with E-state index in [2.05, 4.69) is 10.3 Å². The molecule has 1 aliphatic carbocycles. The number of amides is 3. The second kappa shape index (κ2) is 8.19. The molecule has 0 saturated heterocycles. The van der Waals surface area contributed by atoms with E-state index in [1.165, 1.54) is 36.4 Å². The minimum absolute atomic E-state index is 0.000550. The van der Waals surface area contributed by atoms with Crippen LogP contribution in [0.2, 0.25) is 5.02 Å². The van der Waals surface area contributed by atoms with Crippen LogP contribution in [0.5, 0.6) is 5.75 Å². The van der Waals surface area contributed by atoms with Crippen molar-refractivity contribution in [1.29, 1.82) is 0 Å². The van der Waals surface area contributed by atoms with Crippen LogP contribution in [0.25, 0.3) is 22.6 Å².